The second-order valence-corrected chi connectivity index (χ2v) is 9.90. The minimum absolute atomic E-state index is 0.0470. The summed E-state index contributed by atoms with van der Waals surface area (Å²) >= 11 is 10.5. The van der Waals surface area contributed by atoms with Gasteiger partial charge >= 0.3 is 6.18 Å². The highest BCUT2D eigenvalue weighted by Crippen LogP contribution is 2.44. The Morgan fingerprint density at radius 1 is 1.26 bits per heavy atom. The number of ketones is 1. The third kappa shape index (κ3) is 4.93. The number of hydrogen-bond donors (Lipinski definition) is 3. The summed E-state index contributed by atoms with van der Waals surface area (Å²) in [5, 5.41) is 3.29. The molecule has 38 heavy (non-hydrogen) atoms. The van der Waals surface area contributed by atoms with Crippen LogP contribution in [-0.2, 0) is 9.59 Å². The maximum atomic E-state index is 14.3. The lowest BCUT2D eigenvalue weighted by atomic mass is 9.84. The fourth-order valence-corrected chi connectivity index (χ4v) is 5.12. The van der Waals surface area contributed by atoms with Crippen molar-refractivity contribution in [3.63, 3.8) is 0 Å². The number of aliphatic imine (C=N–C) groups is 1. The van der Waals surface area contributed by atoms with Gasteiger partial charge in [-0.25, -0.2) is 0 Å². The number of nitrogens with two attached hydrogens (primary N) is 1. The minimum atomic E-state index is -4.63. The van der Waals surface area contributed by atoms with Gasteiger partial charge in [0.1, 0.15) is 5.66 Å². The number of benzodiazepines with no additional fused rings is 1. The van der Waals surface area contributed by atoms with Crippen LogP contribution in [0.3, 0.4) is 0 Å². The Kier molecular flexibility index (Phi) is 7.90. The van der Waals surface area contributed by atoms with Gasteiger partial charge in [-0.1, -0.05) is 54.1 Å². The molecule has 2 aromatic carbocycles. The number of nitrogens with one attached hydrogen (secondary N) is 1. The third-order valence-corrected chi connectivity index (χ3v) is 7.47. The first kappa shape index (κ1) is 28.1. The number of thiol groups is 1. The van der Waals surface area contributed by atoms with Gasteiger partial charge in [0.15, 0.2) is 11.8 Å². The lowest BCUT2D eigenvalue weighted by molar-refractivity contribution is -0.130. The van der Waals surface area contributed by atoms with Crippen LogP contribution in [0.4, 0.5) is 18.9 Å². The topological polar surface area (TPSA) is 87.8 Å². The number of carbonyl (C=O) groups is 2. The standard InChI is InChI=1S/C27H26ClF3N4O2S/c1-15-8-9-17(27(29,30)31)13-26(15,33-2)35-21-11-10-18(28)12-19(21)22(16-6-4-3-5-7-16)34-23(25(35)37)24(36)20(32)14-38/h3-12,20,23,33,38H,13-14,32H2,1-2H3. The average molecular weight is 563 g/mol. The van der Waals surface area contributed by atoms with Gasteiger partial charge in [-0.2, -0.15) is 25.8 Å². The molecule has 11 heteroatoms. The second kappa shape index (κ2) is 10.7. The van der Waals surface area contributed by atoms with E-state index >= 15 is 0 Å². The zero-order valence-electron chi connectivity index (χ0n) is 20.6. The van der Waals surface area contributed by atoms with Crippen molar-refractivity contribution >= 4 is 47.3 Å². The predicted octanol–water partition coefficient (Wildman–Crippen LogP) is 4.47. The maximum Gasteiger partial charge on any atom is 0.412 e. The fourth-order valence-electron chi connectivity index (χ4n) is 4.77. The van der Waals surface area contributed by atoms with Gasteiger partial charge in [0, 0.05) is 33.9 Å². The summed E-state index contributed by atoms with van der Waals surface area (Å²) in [7, 11) is 1.47. The summed E-state index contributed by atoms with van der Waals surface area (Å²) in [4.78, 5) is 33.6. The Morgan fingerprint density at radius 2 is 1.95 bits per heavy atom. The van der Waals surface area contributed by atoms with E-state index in [-0.39, 0.29) is 11.4 Å². The van der Waals surface area contributed by atoms with Crippen LogP contribution in [0.5, 0.6) is 0 Å². The molecule has 4 rings (SSSR count). The minimum Gasteiger partial charge on any atom is -0.321 e. The first-order valence-electron chi connectivity index (χ1n) is 11.8. The van der Waals surface area contributed by atoms with Gasteiger partial charge in [-0.05, 0) is 37.7 Å². The van der Waals surface area contributed by atoms with E-state index in [1.807, 2.05) is 0 Å². The van der Waals surface area contributed by atoms with Crippen LogP contribution >= 0.6 is 24.2 Å². The lowest BCUT2D eigenvalue weighted by Gasteiger charge is -2.47. The lowest BCUT2D eigenvalue weighted by Crippen LogP contribution is -2.65. The van der Waals surface area contributed by atoms with Gasteiger partial charge in [0.2, 0.25) is 0 Å². The number of anilines is 1. The highest BCUT2D eigenvalue weighted by atomic mass is 35.5. The van der Waals surface area contributed by atoms with E-state index in [0.717, 1.165) is 6.08 Å². The van der Waals surface area contributed by atoms with Gasteiger partial charge in [0.25, 0.3) is 5.91 Å². The smallest absolute Gasteiger partial charge is 0.321 e. The molecule has 0 spiro atoms. The highest BCUT2D eigenvalue weighted by molar-refractivity contribution is 7.80. The second-order valence-electron chi connectivity index (χ2n) is 9.10. The molecular weight excluding hydrogens is 537 g/mol. The van der Waals surface area contributed by atoms with E-state index in [2.05, 4.69) is 22.9 Å². The molecule has 6 nitrogen and oxygen atoms in total. The Balaban J connectivity index is 2.04. The van der Waals surface area contributed by atoms with Crippen LogP contribution in [0.2, 0.25) is 5.02 Å². The molecule has 0 bridgehead atoms. The molecule has 0 fully saturated rings. The van der Waals surface area contributed by atoms with E-state index < -0.39 is 47.6 Å². The Labute approximate surface area is 228 Å². The number of rotatable bonds is 6. The monoisotopic (exact) mass is 562 g/mol. The normalized spacial score (nSPS) is 22.6. The van der Waals surface area contributed by atoms with Crippen molar-refractivity contribution < 1.29 is 22.8 Å². The van der Waals surface area contributed by atoms with Crippen molar-refractivity contribution in [3.8, 4) is 0 Å². The average Bonchev–Trinajstić information content (AvgIpc) is 3.02. The highest BCUT2D eigenvalue weighted by Gasteiger charge is 2.51. The number of halogens is 4. The molecule has 1 aliphatic carbocycles. The zero-order valence-corrected chi connectivity index (χ0v) is 22.2. The van der Waals surface area contributed by atoms with E-state index in [4.69, 9.17) is 17.3 Å². The van der Waals surface area contributed by atoms with Gasteiger partial charge in [-0.3, -0.25) is 24.8 Å². The molecular formula is C27H26ClF3N4O2S. The molecule has 0 radical (unpaired) electrons. The first-order chi connectivity index (χ1) is 17.9. The Morgan fingerprint density at radius 3 is 2.55 bits per heavy atom. The number of hydrogen-bond acceptors (Lipinski definition) is 6. The van der Waals surface area contributed by atoms with Crippen molar-refractivity contribution in [1.82, 2.24) is 5.32 Å². The summed E-state index contributed by atoms with van der Waals surface area (Å²) in [6.07, 6.45) is -2.90. The van der Waals surface area contributed by atoms with E-state index in [9.17, 15) is 22.8 Å². The Bertz CT molecular complexity index is 1360. The number of likely N-dealkylation sites (N-methyl/N-ethyl adjacent to an activating group) is 1. The van der Waals surface area contributed by atoms with E-state index in [1.165, 1.54) is 24.1 Å². The maximum absolute atomic E-state index is 14.3. The summed E-state index contributed by atoms with van der Waals surface area (Å²) in [6, 6.07) is 10.8. The molecule has 200 valence electrons. The van der Waals surface area contributed by atoms with Crippen molar-refractivity contribution in [2.24, 2.45) is 10.7 Å². The van der Waals surface area contributed by atoms with Crippen LogP contribution in [-0.4, -0.2) is 54.1 Å². The quantitative estimate of drug-likeness (QED) is 0.358. The summed E-state index contributed by atoms with van der Waals surface area (Å²) in [6.45, 7) is 1.63. The third-order valence-electron chi connectivity index (χ3n) is 6.84. The predicted molar refractivity (Wildman–Crippen MR) is 146 cm³/mol. The molecule has 3 atom stereocenters. The van der Waals surface area contributed by atoms with Crippen molar-refractivity contribution in [3.05, 3.63) is 88.0 Å². The van der Waals surface area contributed by atoms with Gasteiger partial charge < -0.3 is 5.73 Å². The van der Waals surface area contributed by atoms with Gasteiger partial charge in [0.05, 0.1) is 17.4 Å². The molecule has 0 saturated carbocycles. The van der Waals surface area contributed by atoms with Crippen LogP contribution in [0.25, 0.3) is 0 Å². The molecule has 1 heterocycles. The number of allylic oxidation sites excluding steroid dienone is 2. The number of alkyl halides is 3. The van der Waals surface area contributed by atoms with Gasteiger partial charge in [-0.15, -0.1) is 0 Å². The van der Waals surface area contributed by atoms with Crippen LogP contribution < -0.4 is 16.0 Å². The molecule has 1 amide bonds. The summed E-state index contributed by atoms with van der Waals surface area (Å²) in [5.41, 5.74) is 5.47. The fraction of sp³-hybridized carbons (Fsp3) is 0.296. The van der Waals surface area contributed by atoms with Crippen molar-refractivity contribution in [2.75, 3.05) is 17.7 Å². The first-order valence-corrected chi connectivity index (χ1v) is 12.8. The van der Waals surface area contributed by atoms with Crippen LogP contribution in [0.15, 0.2) is 76.8 Å². The Hall–Kier alpha value is -2.92. The summed E-state index contributed by atoms with van der Waals surface area (Å²) < 4.78 is 41.8. The molecule has 2 aliphatic rings. The number of amides is 1. The SMILES string of the molecule is CNC1(N2C(=O)C(C(=O)C(N)CS)N=C(c3ccccc3)c3cc(Cl)ccc32)CC(C(F)(F)F)=CC=C1C. The molecule has 3 unspecified atom stereocenters. The number of carbonyl (C=O) groups excluding carboxylic acids is 2. The van der Waals surface area contributed by atoms with Crippen molar-refractivity contribution in [1.29, 1.82) is 0 Å². The molecule has 2 aromatic rings. The molecule has 0 aromatic heterocycles. The van der Waals surface area contributed by atoms with Crippen molar-refractivity contribution in [2.45, 2.75) is 37.3 Å². The van der Waals surface area contributed by atoms with E-state index in [1.54, 1.807) is 49.4 Å². The number of benzene rings is 2. The van der Waals surface area contributed by atoms with Crippen LogP contribution in [0, 0.1) is 0 Å². The van der Waals surface area contributed by atoms with Crippen LogP contribution in [0.1, 0.15) is 24.5 Å². The summed E-state index contributed by atoms with van der Waals surface area (Å²) in [5.74, 6) is -1.56. The molecule has 3 N–H and O–H groups in total. The number of nitrogens with zero attached hydrogens (tertiary/aromatic N) is 2. The largest absolute Gasteiger partial charge is 0.412 e. The number of Topliss-reactive ketones (excluding diaryl/α,β-unsaturated/α-hetero) is 1. The molecule has 1 aliphatic heterocycles. The number of fused-ring (bicyclic) bond motifs is 1. The zero-order chi connectivity index (χ0) is 27.8. The molecule has 0 saturated heterocycles. The van der Waals surface area contributed by atoms with E-state index in [0.29, 0.717) is 27.4 Å².